The Labute approximate surface area is 206 Å². The van der Waals surface area contributed by atoms with E-state index in [1.54, 1.807) is 31.4 Å². The number of rotatable bonds is 6. The van der Waals surface area contributed by atoms with E-state index in [1.165, 1.54) is 13.3 Å². The van der Waals surface area contributed by atoms with E-state index < -0.39 is 17.1 Å². The standard InChI is InChI=1S/C25H26N4O7/c1-28-8-7-14-9-19-21(36-13-35-19)22(34-3)20(14)18(28)12-26-11-17-23(30)27-25(32)29(24(17)31)15-5-4-6-16(10-15)33-2/h4-6,9-11,18,31H,7-8,12-13H2,1-3H3,(H,27,30,32)/t18-/m0/s1. The van der Waals surface area contributed by atoms with Crippen molar-refractivity contribution in [1.82, 2.24) is 14.5 Å². The van der Waals surface area contributed by atoms with Gasteiger partial charge in [0, 0.05) is 24.4 Å². The number of nitrogens with one attached hydrogen (secondary N) is 1. The van der Waals surface area contributed by atoms with Crippen LogP contribution < -0.4 is 30.2 Å². The van der Waals surface area contributed by atoms with E-state index in [1.807, 2.05) is 13.1 Å². The minimum atomic E-state index is -0.773. The minimum absolute atomic E-state index is 0.131. The van der Waals surface area contributed by atoms with Crippen molar-refractivity contribution in [1.29, 1.82) is 0 Å². The molecule has 2 aliphatic rings. The molecule has 0 saturated heterocycles. The molecule has 188 valence electrons. The number of nitrogens with zero attached hydrogens (tertiary/aromatic N) is 3. The lowest BCUT2D eigenvalue weighted by atomic mass is 9.91. The number of aliphatic imine (C=N–C) groups is 1. The molecule has 0 unspecified atom stereocenters. The van der Waals surface area contributed by atoms with Crippen LogP contribution in [0.2, 0.25) is 0 Å². The molecule has 5 rings (SSSR count). The zero-order valence-electron chi connectivity index (χ0n) is 20.1. The molecule has 3 aromatic rings. The molecule has 2 aromatic carbocycles. The van der Waals surface area contributed by atoms with Crippen molar-refractivity contribution in [2.24, 2.45) is 4.99 Å². The molecule has 1 atom stereocenters. The Morgan fingerprint density at radius 3 is 2.83 bits per heavy atom. The summed E-state index contributed by atoms with van der Waals surface area (Å²) in [4.78, 5) is 33.9. The Morgan fingerprint density at radius 1 is 1.22 bits per heavy atom. The van der Waals surface area contributed by atoms with Crippen molar-refractivity contribution in [2.75, 3.05) is 41.1 Å². The molecule has 36 heavy (non-hydrogen) atoms. The van der Waals surface area contributed by atoms with Gasteiger partial charge in [-0.2, -0.15) is 0 Å². The summed E-state index contributed by atoms with van der Waals surface area (Å²) in [6.07, 6.45) is 2.09. The second kappa shape index (κ2) is 9.42. The van der Waals surface area contributed by atoms with Crippen LogP contribution in [0.5, 0.6) is 28.9 Å². The van der Waals surface area contributed by atoms with E-state index in [-0.39, 0.29) is 24.9 Å². The number of hydrogen-bond acceptors (Lipinski definition) is 9. The summed E-state index contributed by atoms with van der Waals surface area (Å²) in [7, 11) is 5.07. The van der Waals surface area contributed by atoms with Gasteiger partial charge in [-0.15, -0.1) is 0 Å². The number of aromatic amines is 1. The Kier molecular flexibility index (Phi) is 6.15. The van der Waals surface area contributed by atoms with Gasteiger partial charge >= 0.3 is 5.69 Å². The van der Waals surface area contributed by atoms with Crippen molar-refractivity contribution in [3.63, 3.8) is 0 Å². The summed E-state index contributed by atoms with van der Waals surface area (Å²) in [5.74, 6) is 1.82. The molecule has 0 bridgehead atoms. The molecule has 2 aliphatic heterocycles. The van der Waals surface area contributed by atoms with Crippen LogP contribution in [0.25, 0.3) is 5.69 Å². The molecule has 11 nitrogen and oxygen atoms in total. The lowest BCUT2D eigenvalue weighted by molar-refractivity contribution is 0.170. The first-order valence-electron chi connectivity index (χ1n) is 11.3. The van der Waals surface area contributed by atoms with E-state index in [4.69, 9.17) is 18.9 Å². The monoisotopic (exact) mass is 494 g/mol. The molecule has 0 spiro atoms. The third-order valence-electron chi connectivity index (χ3n) is 6.48. The number of H-pyrrole nitrogens is 1. The minimum Gasteiger partial charge on any atom is -0.497 e. The molecule has 1 aromatic heterocycles. The predicted molar refractivity (Wildman–Crippen MR) is 132 cm³/mol. The van der Waals surface area contributed by atoms with E-state index in [0.717, 1.165) is 28.7 Å². The first-order valence-corrected chi connectivity index (χ1v) is 11.3. The Bertz CT molecular complexity index is 1460. The molecule has 0 amide bonds. The molecule has 0 radical (unpaired) electrons. The molecule has 11 heteroatoms. The van der Waals surface area contributed by atoms with Crippen molar-refractivity contribution in [3.8, 4) is 34.6 Å². The highest BCUT2D eigenvalue weighted by atomic mass is 16.7. The highest BCUT2D eigenvalue weighted by Gasteiger charge is 2.33. The fourth-order valence-corrected chi connectivity index (χ4v) is 4.64. The van der Waals surface area contributed by atoms with Crippen LogP contribution in [0.4, 0.5) is 0 Å². The van der Waals surface area contributed by atoms with Crippen LogP contribution in [0, 0.1) is 0 Å². The quantitative estimate of drug-likeness (QED) is 0.495. The van der Waals surface area contributed by atoms with Gasteiger partial charge in [0.2, 0.25) is 18.4 Å². The summed E-state index contributed by atoms with van der Waals surface area (Å²) in [6, 6.07) is 8.38. The molecule has 0 aliphatic carbocycles. The van der Waals surface area contributed by atoms with Crippen LogP contribution in [-0.2, 0) is 6.42 Å². The number of benzene rings is 2. The first kappa shape index (κ1) is 23.5. The molecular weight excluding hydrogens is 468 g/mol. The van der Waals surface area contributed by atoms with Gasteiger partial charge in [0.25, 0.3) is 5.56 Å². The Hall–Kier alpha value is -4.25. The second-order valence-electron chi connectivity index (χ2n) is 8.49. The first-order chi connectivity index (χ1) is 17.4. The van der Waals surface area contributed by atoms with Crippen LogP contribution in [0.1, 0.15) is 22.7 Å². The second-order valence-corrected chi connectivity index (χ2v) is 8.49. The number of aromatic nitrogens is 2. The van der Waals surface area contributed by atoms with Gasteiger partial charge in [-0.3, -0.25) is 19.7 Å². The van der Waals surface area contributed by atoms with Gasteiger partial charge in [0.1, 0.15) is 11.3 Å². The van der Waals surface area contributed by atoms with Crippen molar-refractivity contribution < 1.29 is 24.1 Å². The number of hydrogen-bond donors (Lipinski definition) is 2. The average molecular weight is 495 g/mol. The molecule has 2 N–H and O–H groups in total. The maximum Gasteiger partial charge on any atom is 0.335 e. The zero-order valence-corrected chi connectivity index (χ0v) is 20.1. The molecule has 3 heterocycles. The van der Waals surface area contributed by atoms with Gasteiger partial charge in [-0.25, -0.2) is 9.36 Å². The third-order valence-corrected chi connectivity index (χ3v) is 6.48. The number of likely N-dealkylation sites (N-methyl/N-ethyl adjacent to an activating group) is 1. The number of methoxy groups -OCH3 is 2. The third kappa shape index (κ3) is 3.97. The smallest absolute Gasteiger partial charge is 0.335 e. The predicted octanol–water partition coefficient (Wildman–Crippen LogP) is 1.63. The Morgan fingerprint density at radius 2 is 2.06 bits per heavy atom. The summed E-state index contributed by atoms with van der Waals surface area (Å²) < 4.78 is 23.1. The average Bonchev–Trinajstić information content (AvgIpc) is 3.34. The van der Waals surface area contributed by atoms with Crippen molar-refractivity contribution in [2.45, 2.75) is 12.5 Å². The molecular formula is C25H26N4O7. The molecule has 0 fully saturated rings. The van der Waals surface area contributed by atoms with Crippen LogP contribution >= 0.6 is 0 Å². The topological polar surface area (TPSA) is 128 Å². The van der Waals surface area contributed by atoms with Gasteiger partial charge in [0.05, 0.1) is 32.5 Å². The summed E-state index contributed by atoms with van der Waals surface area (Å²) in [5.41, 5.74) is 0.732. The van der Waals surface area contributed by atoms with E-state index >= 15 is 0 Å². The summed E-state index contributed by atoms with van der Waals surface area (Å²) in [5, 5.41) is 10.9. The van der Waals surface area contributed by atoms with Crippen molar-refractivity contribution >= 4 is 6.21 Å². The van der Waals surface area contributed by atoms with Crippen LogP contribution in [-0.4, -0.2) is 66.9 Å². The van der Waals surface area contributed by atoms with Crippen molar-refractivity contribution in [3.05, 3.63) is 67.9 Å². The number of aromatic hydroxyl groups is 1. The summed E-state index contributed by atoms with van der Waals surface area (Å²) in [6.45, 7) is 1.21. The van der Waals surface area contributed by atoms with Crippen LogP contribution in [0.15, 0.2) is 44.9 Å². The lowest BCUT2D eigenvalue weighted by Crippen LogP contribution is -2.34. The highest BCUT2D eigenvalue weighted by Crippen LogP contribution is 2.49. The SMILES string of the molecule is COc1cccc(-n2c(O)c(C=NC[C@H]3c4c(cc5c(c4OC)OCO5)CCN3C)c(=O)[nH]c2=O)c1. The van der Waals surface area contributed by atoms with Crippen LogP contribution in [0.3, 0.4) is 0 Å². The summed E-state index contributed by atoms with van der Waals surface area (Å²) >= 11 is 0. The van der Waals surface area contributed by atoms with Gasteiger partial charge in [-0.1, -0.05) is 6.07 Å². The van der Waals surface area contributed by atoms with E-state index in [9.17, 15) is 14.7 Å². The number of fused-ring (bicyclic) bond motifs is 2. The maximum atomic E-state index is 12.5. The number of ether oxygens (including phenoxy) is 4. The fraction of sp³-hybridized carbons (Fsp3) is 0.320. The largest absolute Gasteiger partial charge is 0.497 e. The Balaban J connectivity index is 1.50. The fourth-order valence-electron chi connectivity index (χ4n) is 4.64. The normalized spacial score (nSPS) is 16.8. The highest BCUT2D eigenvalue weighted by molar-refractivity contribution is 5.82. The zero-order chi connectivity index (χ0) is 25.4. The lowest BCUT2D eigenvalue weighted by Gasteiger charge is -2.35. The van der Waals surface area contributed by atoms with E-state index in [2.05, 4.69) is 14.9 Å². The van der Waals surface area contributed by atoms with E-state index in [0.29, 0.717) is 28.7 Å². The van der Waals surface area contributed by atoms with Gasteiger partial charge in [-0.05, 0) is 37.2 Å². The van der Waals surface area contributed by atoms with Gasteiger partial charge < -0.3 is 24.1 Å². The van der Waals surface area contributed by atoms with Gasteiger partial charge in [0.15, 0.2) is 11.5 Å². The maximum absolute atomic E-state index is 12.5. The molecule has 0 saturated carbocycles.